The number of hydrogen-bond acceptors (Lipinski definition) is 2. The van der Waals surface area contributed by atoms with Crippen molar-refractivity contribution in [2.75, 3.05) is 13.2 Å². The number of rotatable bonds is 6. The molecule has 2 nitrogen and oxygen atoms in total. The number of nitrogens with one attached hydrogen (secondary N) is 1. The second kappa shape index (κ2) is 7.53. The summed E-state index contributed by atoms with van der Waals surface area (Å²) in [5.74, 6) is 0.370. The minimum Gasteiger partial charge on any atom is -0.376 e. The maximum atomic E-state index is 13.4. The maximum Gasteiger partial charge on any atom is 0.123 e. The van der Waals surface area contributed by atoms with Crippen LogP contribution in [-0.4, -0.2) is 25.3 Å². The quantitative estimate of drug-likeness (QED) is 0.845. The van der Waals surface area contributed by atoms with Crippen LogP contribution in [0.2, 0.25) is 0 Å². The zero-order valence-corrected chi connectivity index (χ0v) is 13.7. The molecule has 0 aromatic heterocycles. The maximum absolute atomic E-state index is 13.4. The summed E-state index contributed by atoms with van der Waals surface area (Å²) in [4.78, 5) is 0. The van der Waals surface area contributed by atoms with Gasteiger partial charge in [0.25, 0.3) is 0 Å². The molecule has 0 radical (unpaired) electrons. The molecule has 1 aromatic rings. The van der Waals surface area contributed by atoms with Gasteiger partial charge in [-0.15, -0.1) is 0 Å². The first-order valence-electron chi connectivity index (χ1n) is 7.40. The van der Waals surface area contributed by atoms with Crippen LogP contribution in [0.4, 0.5) is 4.39 Å². The van der Waals surface area contributed by atoms with E-state index in [0.29, 0.717) is 5.92 Å². The van der Waals surface area contributed by atoms with Crippen LogP contribution in [0.1, 0.15) is 32.3 Å². The van der Waals surface area contributed by atoms with Crippen molar-refractivity contribution in [1.82, 2.24) is 5.32 Å². The zero-order chi connectivity index (χ0) is 14.5. The molecule has 20 heavy (non-hydrogen) atoms. The Morgan fingerprint density at radius 1 is 1.50 bits per heavy atom. The van der Waals surface area contributed by atoms with Gasteiger partial charge in [-0.3, -0.25) is 0 Å². The Labute approximate surface area is 129 Å². The van der Waals surface area contributed by atoms with Crippen LogP contribution in [0.25, 0.3) is 0 Å². The smallest absolute Gasteiger partial charge is 0.123 e. The van der Waals surface area contributed by atoms with E-state index < -0.39 is 0 Å². The summed E-state index contributed by atoms with van der Waals surface area (Å²) >= 11 is 3.52. The molecule has 3 unspecified atom stereocenters. The lowest BCUT2D eigenvalue weighted by Crippen LogP contribution is -2.44. The molecule has 0 saturated carbocycles. The third-order valence-electron chi connectivity index (χ3n) is 3.95. The van der Waals surface area contributed by atoms with E-state index in [4.69, 9.17) is 4.74 Å². The topological polar surface area (TPSA) is 21.3 Å². The molecule has 1 fully saturated rings. The largest absolute Gasteiger partial charge is 0.376 e. The van der Waals surface area contributed by atoms with E-state index in [-0.39, 0.29) is 18.0 Å². The highest BCUT2D eigenvalue weighted by Gasteiger charge is 2.32. The zero-order valence-electron chi connectivity index (χ0n) is 12.2. The fourth-order valence-corrected chi connectivity index (χ4v) is 3.21. The molecule has 0 spiro atoms. The van der Waals surface area contributed by atoms with Crippen molar-refractivity contribution < 1.29 is 9.13 Å². The van der Waals surface area contributed by atoms with Crippen LogP contribution in [0.3, 0.4) is 0 Å². The summed E-state index contributed by atoms with van der Waals surface area (Å²) in [5, 5.41) is 3.57. The Kier molecular flexibility index (Phi) is 6.00. The normalized spacial score (nSPS) is 24.0. The van der Waals surface area contributed by atoms with Gasteiger partial charge in [0, 0.05) is 17.1 Å². The average molecular weight is 344 g/mol. The fraction of sp³-hybridized carbons (Fsp3) is 0.625. The summed E-state index contributed by atoms with van der Waals surface area (Å²) in [6, 6.07) is 5.12. The van der Waals surface area contributed by atoms with Gasteiger partial charge < -0.3 is 10.1 Å². The van der Waals surface area contributed by atoms with Gasteiger partial charge >= 0.3 is 0 Å². The van der Waals surface area contributed by atoms with Gasteiger partial charge in [-0.2, -0.15) is 0 Å². The van der Waals surface area contributed by atoms with Gasteiger partial charge in [-0.05, 0) is 55.5 Å². The van der Waals surface area contributed by atoms with Crippen molar-refractivity contribution in [3.8, 4) is 0 Å². The van der Waals surface area contributed by atoms with Crippen LogP contribution in [-0.2, 0) is 11.2 Å². The number of halogens is 2. The Bertz CT molecular complexity index is 440. The van der Waals surface area contributed by atoms with Gasteiger partial charge in [0.15, 0.2) is 0 Å². The van der Waals surface area contributed by atoms with E-state index in [0.717, 1.165) is 42.5 Å². The molecule has 1 N–H and O–H groups in total. The third-order valence-corrected chi connectivity index (χ3v) is 4.72. The molecule has 3 atom stereocenters. The Balaban J connectivity index is 2.12. The first-order chi connectivity index (χ1) is 9.61. The second-order valence-electron chi connectivity index (χ2n) is 5.60. The van der Waals surface area contributed by atoms with Gasteiger partial charge in [0.1, 0.15) is 5.82 Å². The van der Waals surface area contributed by atoms with Crippen molar-refractivity contribution in [2.24, 2.45) is 5.92 Å². The van der Waals surface area contributed by atoms with Crippen molar-refractivity contribution in [3.05, 3.63) is 34.1 Å². The predicted octanol–water partition coefficient (Wildman–Crippen LogP) is 3.92. The van der Waals surface area contributed by atoms with Gasteiger partial charge in [-0.1, -0.05) is 29.8 Å². The number of benzene rings is 1. The third kappa shape index (κ3) is 4.03. The highest BCUT2D eigenvalue weighted by molar-refractivity contribution is 9.10. The highest BCUT2D eigenvalue weighted by atomic mass is 79.9. The highest BCUT2D eigenvalue weighted by Crippen LogP contribution is 2.27. The molecule has 1 heterocycles. The first-order valence-corrected chi connectivity index (χ1v) is 8.20. The van der Waals surface area contributed by atoms with E-state index >= 15 is 0 Å². The van der Waals surface area contributed by atoms with Crippen molar-refractivity contribution in [3.63, 3.8) is 0 Å². The molecular weight excluding hydrogens is 321 g/mol. The Morgan fingerprint density at radius 3 is 2.95 bits per heavy atom. The van der Waals surface area contributed by atoms with Crippen LogP contribution < -0.4 is 5.32 Å². The molecular formula is C16H23BrFNO. The van der Waals surface area contributed by atoms with Gasteiger partial charge in [0.2, 0.25) is 0 Å². The second-order valence-corrected chi connectivity index (χ2v) is 6.46. The van der Waals surface area contributed by atoms with Crippen LogP contribution in [0.15, 0.2) is 22.7 Å². The molecule has 4 heteroatoms. The Morgan fingerprint density at radius 2 is 2.30 bits per heavy atom. The van der Waals surface area contributed by atoms with Crippen LogP contribution in [0.5, 0.6) is 0 Å². The monoisotopic (exact) mass is 343 g/mol. The number of ether oxygens (including phenoxy) is 1. The van der Waals surface area contributed by atoms with E-state index in [1.807, 2.05) is 0 Å². The lowest BCUT2D eigenvalue weighted by molar-refractivity contribution is 0.0609. The summed E-state index contributed by atoms with van der Waals surface area (Å²) in [6.45, 7) is 6.19. The van der Waals surface area contributed by atoms with Gasteiger partial charge in [-0.25, -0.2) is 4.39 Å². The molecule has 112 valence electrons. The molecule has 0 aliphatic carbocycles. The van der Waals surface area contributed by atoms with Crippen LogP contribution in [0, 0.1) is 11.7 Å². The summed E-state index contributed by atoms with van der Waals surface area (Å²) < 4.78 is 20.3. The molecule has 1 aromatic carbocycles. The standard InChI is InChI=1S/C16H23BrFNO/c1-3-7-19-15(16-11(2)6-8-20-16)10-12-9-13(18)4-5-14(12)17/h4-5,9,11,15-16,19H,3,6-8,10H2,1-2H3. The van der Waals surface area contributed by atoms with Crippen molar-refractivity contribution >= 4 is 15.9 Å². The van der Waals surface area contributed by atoms with E-state index in [1.165, 1.54) is 6.07 Å². The molecule has 0 amide bonds. The SMILES string of the molecule is CCCNC(Cc1cc(F)ccc1Br)C1OCCC1C. The first kappa shape index (κ1) is 15.9. The molecule has 1 saturated heterocycles. The van der Waals surface area contributed by atoms with Crippen molar-refractivity contribution in [2.45, 2.75) is 45.3 Å². The lowest BCUT2D eigenvalue weighted by atomic mass is 9.93. The van der Waals surface area contributed by atoms with Crippen LogP contribution >= 0.6 is 15.9 Å². The molecule has 1 aliphatic rings. The lowest BCUT2D eigenvalue weighted by Gasteiger charge is -2.27. The van der Waals surface area contributed by atoms with Gasteiger partial charge in [0.05, 0.1) is 6.10 Å². The number of hydrogen-bond donors (Lipinski definition) is 1. The molecule has 1 aliphatic heterocycles. The predicted molar refractivity (Wildman–Crippen MR) is 83.4 cm³/mol. The minimum absolute atomic E-state index is 0.183. The summed E-state index contributed by atoms with van der Waals surface area (Å²) in [5.41, 5.74) is 1.00. The molecule has 0 bridgehead atoms. The summed E-state index contributed by atoms with van der Waals surface area (Å²) in [6.07, 6.45) is 3.20. The minimum atomic E-state index is -0.183. The average Bonchev–Trinajstić information content (AvgIpc) is 2.84. The fourth-order valence-electron chi connectivity index (χ4n) is 2.80. The van der Waals surface area contributed by atoms with E-state index in [2.05, 4.69) is 35.1 Å². The van der Waals surface area contributed by atoms with E-state index in [9.17, 15) is 4.39 Å². The Hall–Kier alpha value is -0.450. The molecule has 2 rings (SSSR count). The van der Waals surface area contributed by atoms with Crippen molar-refractivity contribution in [1.29, 1.82) is 0 Å². The summed E-state index contributed by atoms with van der Waals surface area (Å²) in [7, 11) is 0. The van der Waals surface area contributed by atoms with E-state index in [1.54, 1.807) is 12.1 Å².